The monoisotopic (exact) mass is 419 g/mol. The molecule has 0 spiro atoms. The number of rotatable bonds is 5. The van der Waals surface area contributed by atoms with Gasteiger partial charge in [0.2, 0.25) is 0 Å². The SMILES string of the molecule is CCOC(=O)c1c(C)oc2c1c(C=Nc1ccc([N+](=O)[O-])cn1)c(O)c1ccccc12. The van der Waals surface area contributed by atoms with Crippen LogP contribution in [0.3, 0.4) is 0 Å². The standard InChI is InChI=1S/C22H17N3O6/c1-3-30-22(27)18-12(2)31-21-15-7-5-4-6-14(15)20(26)16(19(18)21)11-24-17-9-8-13(10-23-17)25(28)29/h4-11,26H,3H2,1-2H3. The van der Waals surface area contributed by atoms with Crippen LogP contribution < -0.4 is 0 Å². The molecule has 0 amide bonds. The molecule has 0 atom stereocenters. The molecule has 4 aromatic rings. The van der Waals surface area contributed by atoms with E-state index in [0.717, 1.165) is 6.20 Å². The van der Waals surface area contributed by atoms with E-state index in [1.54, 1.807) is 38.1 Å². The van der Waals surface area contributed by atoms with Gasteiger partial charge in [-0.3, -0.25) is 10.1 Å². The number of fused-ring (bicyclic) bond motifs is 3. The van der Waals surface area contributed by atoms with Crippen molar-refractivity contribution in [3.63, 3.8) is 0 Å². The molecule has 2 heterocycles. The summed E-state index contributed by atoms with van der Waals surface area (Å²) in [6.45, 7) is 3.53. The van der Waals surface area contributed by atoms with Crippen molar-refractivity contribution >= 4 is 45.4 Å². The third kappa shape index (κ3) is 3.46. The number of carbonyl (C=O) groups excluding carboxylic acids is 1. The average molecular weight is 419 g/mol. The summed E-state index contributed by atoms with van der Waals surface area (Å²) in [5.41, 5.74) is 0.724. The van der Waals surface area contributed by atoms with Crippen LogP contribution in [0.15, 0.2) is 52.0 Å². The molecule has 4 rings (SSSR count). The quantitative estimate of drug-likeness (QED) is 0.212. The van der Waals surface area contributed by atoms with Gasteiger partial charge in [-0.05, 0) is 19.9 Å². The maximum atomic E-state index is 12.6. The summed E-state index contributed by atoms with van der Waals surface area (Å²) in [5, 5.41) is 23.3. The number of aromatic nitrogens is 1. The summed E-state index contributed by atoms with van der Waals surface area (Å²) in [7, 11) is 0. The van der Waals surface area contributed by atoms with E-state index in [-0.39, 0.29) is 35.0 Å². The average Bonchev–Trinajstić information content (AvgIpc) is 3.11. The Labute approximate surface area is 175 Å². The van der Waals surface area contributed by atoms with E-state index >= 15 is 0 Å². The number of carbonyl (C=O) groups is 1. The molecule has 9 heteroatoms. The Morgan fingerprint density at radius 3 is 2.68 bits per heavy atom. The van der Waals surface area contributed by atoms with Gasteiger partial charge in [-0.2, -0.15) is 0 Å². The van der Waals surface area contributed by atoms with Crippen LogP contribution in [0.1, 0.15) is 28.6 Å². The number of aromatic hydroxyl groups is 1. The number of benzene rings is 2. The predicted octanol–water partition coefficient (Wildman–Crippen LogP) is 4.83. The van der Waals surface area contributed by atoms with Gasteiger partial charge in [0.05, 0.1) is 11.5 Å². The van der Waals surface area contributed by atoms with Crippen molar-refractivity contribution in [3.05, 3.63) is 69.6 Å². The fraction of sp³-hybridized carbons (Fsp3) is 0.136. The lowest BCUT2D eigenvalue weighted by Gasteiger charge is -2.08. The van der Waals surface area contributed by atoms with Crippen molar-refractivity contribution in [2.45, 2.75) is 13.8 Å². The van der Waals surface area contributed by atoms with Crippen LogP contribution in [0.25, 0.3) is 21.7 Å². The summed E-state index contributed by atoms with van der Waals surface area (Å²) in [6, 6.07) is 9.76. The number of esters is 1. The van der Waals surface area contributed by atoms with Crippen molar-refractivity contribution in [1.82, 2.24) is 4.98 Å². The van der Waals surface area contributed by atoms with Crippen molar-refractivity contribution < 1.29 is 24.0 Å². The Balaban J connectivity index is 1.96. The van der Waals surface area contributed by atoms with Crippen LogP contribution in [-0.2, 0) is 4.74 Å². The van der Waals surface area contributed by atoms with Crippen molar-refractivity contribution in [2.24, 2.45) is 4.99 Å². The zero-order chi connectivity index (χ0) is 22.1. The molecular weight excluding hydrogens is 402 g/mol. The minimum absolute atomic E-state index is 0.0832. The highest BCUT2D eigenvalue weighted by atomic mass is 16.6. The molecule has 0 saturated carbocycles. The number of nitrogens with zero attached hydrogens (tertiary/aromatic N) is 3. The number of aliphatic imine (C=N–C) groups is 1. The lowest BCUT2D eigenvalue weighted by molar-refractivity contribution is -0.385. The Hall–Kier alpha value is -4.27. The molecule has 0 aliphatic heterocycles. The molecule has 2 aromatic heterocycles. The first-order valence-electron chi connectivity index (χ1n) is 9.40. The maximum Gasteiger partial charge on any atom is 0.342 e. The second-order valence-electron chi connectivity index (χ2n) is 6.66. The molecular formula is C22H17N3O6. The van der Waals surface area contributed by atoms with Crippen molar-refractivity contribution in [3.8, 4) is 5.75 Å². The van der Waals surface area contributed by atoms with Gasteiger partial charge >= 0.3 is 5.97 Å². The van der Waals surface area contributed by atoms with E-state index in [4.69, 9.17) is 9.15 Å². The van der Waals surface area contributed by atoms with Gasteiger partial charge in [-0.1, -0.05) is 24.3 Å². The fourth-order valence-electron chi connectivity index (χ4n) is 3.41. The molecule has 0 radical (unpaired) electrons. The summed E-state index contributed by atoms with van der Waals surface area (Å²) in [5.74, 6) is -0.104. The fourth-order valence-corrected chi connectivity index (χ4v) is 3.41. The van der Waals surface area contributed by atoms with Gasteiger partial charge in [-0.15, -0.1) is 0 Å². The highest BCUT2D eigenvalue weighted by molar-refractivity contribution is 6.21. The number of furan rings is 1. The Kier molecular flexibility index (Phi) is 5.08. The molecule has 9 nitrogen and oxygen atoms in total. The normalized spacial score (nSPS) is 11.4. The van der Waals surface area contributed by atoms with Crippen LogP contribution in [0.2, 0.25) is 0 Å². The molecule has 0 bridgehead atoms. The van der Waals surface area contributed by atoms with Gasteiger partial charge in [-0.25, -0.2) is 14.8 Å². The van der Waals surface area contributed by atoms with E-state index in [0.29, 0.717) is 27.5 Å². The lowest BCUT2D eigenvalue weighted by atomic mass is 9.98. The van der Waals surface area contributed by atoms with Crippen LogP contribution in [0, 0.1) is 17.0 Å². The van der Waals surface area contributed by atoms with E-state index in [1.807, 2.05) is 0 Å². The molecule has 156 valence electrons. The number of aryl methyl sites for hydroxylation is 1. The first-order chi connectivity index (χ1) is 14.9. The van der Waals surface area contributed by atoms with E-state index in [9.17, 15) is 20.0 Å². The van der Waals surface area contributed by atoms with Gasteiger partial charge in [0.1, 0.15) is 28.9 Å². The second-order valence-corrected chi connectivity index (χ2v) is 6.66. The second kappa shape index (κ2) is 7.86. The van der Waals surface area contributed by atoms with Crippen LogP contribution >= 0.6 is 0 Å². The molecule has 1 N–H and O–H groups in total. The minimum Gasteiger partial charge on any atom is -0.507 e. The van der Waals surface area contributed by atoms with Crippen molar-refractivity contribution in [2.75, 3.05) is 6.61 Å². The summed E-state index contributed by atoms with van der Waals surface area (Å²) in [4.78, 5) is 31.1. The summed E-state index contributed by atoms with van der Waals surface area (Å²) in [6.07, 6.45) is 2.45. The minimum atomic E-state index is -0.573. The summed E-state index contributed by atoms with van der Waals surface area (Å²) >= 11 is 0. The maximum absolute atomic E-state index is 12.6. The van der Waals surface area contributed by atoms with Gasteiger partial charge in [0.25, 0.3) is 5.69 Å². The molecule has 31 heavy (non-hydrogen) atoms. The lowest BCUT2D eigenvalue weighted by Crippen LogP contribution is -2.06. The molecule has 0 unspecified atom stereocenters. The zero-order valence-corrected chi connectivity index (χ0v) is 16.7. The number of phenols is 1. The predicted molar refractivity (Wildman–Crippen MR) is 114 cm³/mol. The number of hydrogen-bond acceptors (Lipinski definition) is 8. The Morgan fingerprint density at radius 2 is 2.03 bits per heavy atom. The molecule has 0 aliphatic rings. The van der Waals surface area contributed by atoms with Gasteiger partial charge < -0.3 is 14.3 Å². The first-order valence-corrected chi connectivity index (χ1v) is 9.40. The van der Waals surface area contributed by atoms with Gasteiger partial charge in [0.15, 0.2) is 5.82 Å². The Morgan fingerprint density at radius 1 is 1.29 bits per heavy atom. The van der Waals surface area contributed by atoms with Crippen LogP contribution in [0.4, 0.5) is 11.5 Å². The topological polar surface area (TPSA) is 128 Å². The van der Waals surface area contributed by atoms with Crippen molar-refractivity contribution in [1.29, 1.82) is 0 Å². The number of phenolic OH excluding ortho intramolecular Hbond substituents is 1. The zero-order valence-electron chi connectivity index (χ0n) is 16.7. The molecule has 2 aromatic carbocycles. The largest absolute Gasteiger partial charge is 0.507 e. The number of ether oxygens (including phenoxy) is 1. The highest BCUT2D eigenvalue weighted by Crippen LogP contribution is 2.41. The third-order valence-electron chi connectivity index (χ3n) is 4.78. The Bertz CT molecular complexity index is 1360. The smallest absolute Gasteiger partial charge is 0.342 e. The van der Waals surface area contributed by atoms with Crippen LogP contribution in [-0.4, -0.2) is 33.8 Å². The number of pyridine rings is 1. The number of hydrogen-bond donors (Lipinski definition) is 1. The van der Waals surface area contributed by atoms with Gasteiger partial charge in [0, 0.05) is 34.0 Å². The molecule has 0 aliphatic carbocycles. The highest BCUT2D eigenvalue weighted by Gasteiger charge is 2.26. The van der Waals surface area contributed by atoms with E-state index in [2.05, 4.69) is 9.98 Å². The van der Waals surface area contributed by atoms with Crippen LogP contribution in [0.5, 0.6) is 5.75 Å². The third-order valence-corrected chi connectivity index (χ3v) is 4.78. The van der Waals surface area contributed by atoms with E-state index < -0.39 is 10.9 Å². The van der Waals surface area contributed by atoms with E-state index in [1.165, 1.54) is 18.3 Å². The first kappa shape index (κ1) is 20.0. The molecule has 0 saturated heterocycles. The number of nitro groups is 1. The molecule has 0 fully saturated rings. The summed E-state index contributed by atoms with van der Waals surface area (Å²) < 4.78 is 11.1.